The Hall–Kier alpha value is -0.120. The van der Waals surface area contributed by atoms with Crippen LogP contribution in [0.4, 0.5) is 0 Å². The van der Waals surface area contributed by atoms with Crippen LogP contribution in [0.3, 0.4) is 0 Å². The van der Waals surface area contributed by atoms with Crippen molar-refractivity contribution in [2.45, 2.75) is 123 Å². The summed E-state index contributed by atoms with van der Waals surface area (Å²) in [6.07, 6.45) is 17.0. The van der Waals surface area contributed by atoms with Gasteiger partial charge in [0, 0.05) is 19.1 Å². The Morgan fingerprint density at radius 2 is 1.58 bits per heavy atom. The largest absolute Gasteiger partial charge is 0.370 e. The Balaban J connectivity index is 1.81. The molecule has 1 aliphatic heterocycles. The van der Waals surface area contributed by atoms with Crippen LogP contribution in [0.15, 0.2) is 0 Å². The minimum absolute atomic E-state index is 0.416. The minimum atomic E-state index is -0.416. The molecule has 0 spiro atoms. The van der Waals surface area contributed by atoms with Gasteiger partial charge in [0.25, 0.3) is 0 Å². The zero-order valence-corrected chi connectivity index (χ0v) is 17.9. The van der Waals surface area contributed by atoms with Gasteiger partial charge in [0.2, 0.25) is 0 Å². The molecule has 0 aromatic rings. The Morgan fingerprint density at radius 1 is 0.885 bits per heavy atom. The zero-order chi connectivity index (χ0) is 18.8. The van der Waals surface area contributed by atoms with Crippen LogP contribution in [0.1, 0.15) is 105 Å². The molecule has 1 heterocycles. The molecular formula is C23H44O3. The molecule has 4 atom stereocenters. The molecule has 2 rings (SSSR count). The third-order valence-electron chi connectivity index (χ3n) is 6.55. The van der Waals surface area contributed by atoms with Crippen LogP contribution < -0.4 is 0 Å². The van der Waals surface area contributed by atoms with E-state index >= 15 is 0 Å². The highest BCUT2D eigenvalue weighted by molar-refractivity contribution is 4.92. The molecular weight excluding hydrogens is 324 g/mol. The quantitative estimate of drug-likeness (QED) is 0.188. The summed E-state index contributed by atoms with van der Waals surface area (Å²) in [5.74, 6) is 0.935. The summed E-state index contributed by atoms with van der Waals surface area (Å²) >= 11 is 0. The van der Waals surface area contributed by atoms with E-state index in [9.17, 15) is 0 Å². The number of unbranched alkanes of at least 4 members (excludes halogenated alkanes) is 5. The number of hydrogen-bond donors (Lipinski definition) is 0. The van der Waals surface area contributed by atoms with Crippen LogP contribution in [-0.2, 0) is 14.2 Å². The third kappa shape index (κ3) is 7.13. The van der Waals surface area contributed by atoms with E-state index in [1.54, 1.807) is 0 Å². The normalized spacial score (nSPS) is 26.5. The summed E-state index contributed by atoms with van der Waals surface area (Å²) in [4.78, 5) is 0. The summed E-state index contributed by atoms with van der Waals surface area (Å²) in [5, 5.41) is 0. The number of rotatable bonds is 15. The highest BCUT2D eigenvalue weighted by Gasteiger charge is 2.44. The lowest BCUT2D eigenvalue weighted by Gasteiger charge is -2.38. The van der Waals surface area contributed by atoms with E-state index in [1.165, 1.54) is 77.0 Å². The fourth-order valence-electron chi connectivity index (χ4n) is 4.88. The summed E-state index contributed by atoms with van der Waals surface area (Å²) in [6, 6.07) is 0. The lowest BCUT2D eigenvalue weighted by molar-refractivity contribution is -0.254. The van der Waals surface area contributed by atoms with Gasteiger partial charge >= 0.3 is 0 Å². The first-order valence-corrected chi connectivity index (χ1v) is 11.6. The Bertz CT molecular complexity index is 364. The molecule has 0 N–H and O–H groups in total. The highest BCUT2D eigenvalue weighted by Crippen LogP contribution is 2.42. The van der Waals surface area contributed by atoms with E-state index in [1.807, 2.05) is 0 Å². The Morgan fingerprint density at radius 3 is 2.23 bits per heavy atom. The van der Waals surface area contributed by atoms with Crippen molar-refractivity contribution < 1.29 is 14.2 Å². The average Bonchev–Trinajstić information content (AvgIpc) is 3.39. The highest BCUT2D eigenvalue weighted by atomic mass is 16.7. The standard InChI is InChI=1S/C23H44O3/c1-5-8-9-10-11-12-13-20(23(4,24-6-2)25-7-3)16-14-19-15-17-21-22(18-19)26-21/h19-22H,5-18H2,1-4H3. The molecule has 0 amide bonds. The zero-order valence-electron chi connectivity index (χ0n) is 17.9. The average molecular weight is 369 g/mol. The van der Waals surface area contributed by atoms with Gasteiger partial charge in [-0.1, -0.05) is 45.4 Å². The first-order chi connectivity index (χ1) is 12.6. The van der Waals surface area contributed by atoms with Crippen molar-refractivity contribution in [1.82, 2.24) is 0 Å². The van der Waals surface area contributed by atoms with Gasteiger partial charge in [0.1, 0.15) is 0 Å². The fourth-order valence-corrected chi connectivity index (χ4v) is 4.88. The predicted octanol–water partition coefficient (Wildman–Crippen LogP) is 6.49. The number of hydrogen-bond acceptors (Lipinski definition) is 3. The maximum atomic E-state index is 6.15. The van der Waals surface area contributed by atoms with Gasteiger partial charge in [0.15, 0.2) is 5.79 Å². The van der Waals surface area contributed by atoms with Gasteiger partial charge in [-0.2, -0.15) is 0 Å². The second-order valence-electron chi connectivity index (χ2n) is 8.60. The molecule has 26 heavy (non-hydrogen) atoms. The molecule has 2 fully saturated rings. The maximum absolute atomic E-state index is 6.15. The summed E-state index contributed by atoms with van der Waals surface area (Å²) < 4.78 is 18.0. The first-order valence-electron chi connectivity index (χ1n) is 11.6. The SMILES string of the molecule is CCCCCCCCC(CCC1CCC2OC2C1)C(C)(OCC)OCC. The third-order valence-corrected chi connectivity index (χ3v) is 6.55. The molecule has 2 aliphatic rings. The lowest BCUT2D eigenvalue weighted by atomic mass is 9.81. The molecule has 154 valence electrons. The number of ether oxygens (including phenoxy) is 3. The number of epoxide rings is 1. The molecule has 4 unspecified atom stereocenters. The molecule has 0 radical (unpaired) electrons. The molecule has 1 saturated carbocycles. The maximum Gasteiger partial charge on any atom is 0.168 e. The smallest absolute Gasteiger partial charge is 0.168 e. The van der Waals surface area contributed by atoms with Gasteiger partial charge in [-0.25, -0.2) is 0 Å². The molecule has 3 nitrogen and oxygen atoms in total. The molecule has 0 bridgehead atoms. The van der Waals surface area contributed by atoms with Gasteiger partial charge in [-0.05, 0) is 65.2 Å². The van der Waals surface area contributed by atoms with Crippen LogP contribution >= 0.6 is 0 Å². The predicted molar refractivity (Wildman–Crippen MR) is 108 cm³/mol. The molecule has 3 heteroatoms. The number of fused-ring (bicyclic) bond motifs is 1. The van der Waals surface area contributed by atoms with Crippen LogP contribution in [0.2, 0.25) is 0 Å². The second-order valence-corrected chi connectivity index (χ2v) is 8.60. The van der Waals surface area contributed by atoms with Gasteiger partial charge in [-0.3, -0.25) is 0 Å². The van der Waals surface area contributed by atoms with Crippen molar-refractivity contribution in [2.24, 2.45) is 11.8 Å². The van der Waals surface area contributed by atoms with E-state index in [0.717, 1.165) is 19.1 Å². The monoisotopic (exact) mass is 368 g/mol. The van der Waals surface area contributed by atoms with E-state index < -0.39 is 5.79 Å². The van der Waals surface area contributed by atoms with Crippen molar-refractivity contribution in [2.75, 3.05) is 13.2 Å². The van der Waals surface area contributed by atoms with Gasteiger partial charge in [0.05, 0.1) is 12.2 Å². The van der Waals surface area contributed by atoms with Gasteiger partial charge < -0.3 is 14.2 Å². The van der Waals surface area contributed by atoms with Crippen molar-refractivity contribution in [1.29, 1.82) is 0 Å². The summed E-state index contributed by atoms with van der Waals surface area (Å²) in [5.41, 5.74) is 0. The van der Waals surface area contributed by atoms with Crippen LogP contribution in [0, 0.1) is 11.8 Å². The minimum Gasteiger partial charge on any atom is -0.370 e. The molecule has 0 aromatic heterocycles. The van der Waals surface area contributed by atoms with Crippen LogP contribution in [-0.4, -0.2) is 31.2 Å². The van der Waals surface area contributed by atoms with Crippen LogP contribution in [0.5, 0.6) is 0 Å². The van der Waals surface area contributed by atoms with Crippen molar-refractivity contribution in [3.8, 4) is 0 Å². The molecule has 1 saturated heterocycles. The van der Waals surface area contributed by atoms with E-state index in [4.69, 9.17) is 14.2 Å². The van der Waals surface area contributed by atoms with Crippen molar-refractivity contribution in [3.63, 3.8) is 0 Å². The lowest BCUT2D eigenvalue weighted by Crippen LogP contribution is -2.41. The van der Waals surface area contributed by atoms with E-state index in [2.05, 4.69) is 27.7 Å². The van der Waals surface area contributed by atoms with E-state index in [-0.39, 0.29) is 0 Å². The Labute approximate surface area is 162 Å². The van der Waals surface area contributed by atoms with Crippen molar-refractivity contribution in [3.05, 3.63) is 0 Å². The van der Waals surface area contributed by atoms with Gasteiger partial charge in [-0.15, -0.1) is 0 Å². The summed E-state index contributed by atoms with van der Waals surface area (Å²) in [6.45, 7) is 10.1. The Kier molecular flexibility index (Phi) is 9.94. The first kappa shape index (κ1) is 22.2. The van der Waals surface area contributed by atoms with Crippen molar-refractivity contribution >= 4 is 0 Å². The topological polar surface area (TPSA) is 31.0 Å². The van der Waals surface area contributed by atoms with Crippen LogP contribution in [0.25, 0.3) is 0 Å². The molecule has 0 aromatic carbocycles. The summed E-state index contributed by atoms with van der Waals surface area (Å²) in [7, 11) is 0. The fraction of sp³-hybridized carbons (Fsp3) is 1.00. The molecule has 1 aliphatic carbocycles. The second kappa shape index (κ2) is 11.7. The van der Waals surface area contributed by atoms with E-state index in [0.29, 0.717) is 18.1 Å².